The average Bonchev–Trinajstić information content (AvgIpc) is 3.08. The molecule has 1 saturated heterocycles. The van der Waals surface area contributed by atoms with Crippen LogP contribution in [0, 0.1) is 5.92 Å². The number of anilines is 1. The molecule has 2 aliphatic heterocycles. The van der Waals surface area contributed by atoms with E-state index in [2.05, 4.69) is 10.3 Å². The van der Waals surface area contributed by atoms with Gasteiger partial charge in [0.15, 0.2) is 0 Å². The molecule has 0 radical (unpaired) electrons. The molecule has 1 aromatic heterocycles. The van der Waals surface area contributed by atoms with Crippen LogP contribution in [-0.2, 0) is 27.3 Å². The van der Waals surface area contributed by atoms with Gasteiger partial charge >= 0.3 is 0 Å². The standard InChI is InChI=1S/C19H22N4O3S/c1-22-11-9-20-17(22)16-19(14-4-2-3-5-15(14)21-18(19)24)8-10-23(16)27(25,26)12-13-6-7-13/h2-5,9,11,13,16H,6-8,10,12H2,1H3,(H,21,24)/t16-,19+/m0/s1. The van der Waals surface area contributed by atoms with E-state index in [1.807, 2.05) is 35.9 Å². The van der Waals surface area contributed by atoms with Crippen molar-refractivity contribution in [2.75, 3.05) is 17.6 Å². The third kappa shape index (κ3) is 2.39. The van der Waals surface area contributed by atoms with Gasteiger partial charge in [0.1, 0.15) is 17.3 Å². The number of sulfonamides is 1. The van der Waals surface area contributed by atoms with Crippen molar-refractivity contribution in [3.63, 3.8) is 0 Å². The molecule has 1 saturated carbocycles. The number of hydrogen-bond donors (Lipinski definition) is 1. The lowest BCUT2D eigenvalue weighted by Crippen LogP contribution is -2.44. The molecular weight excluding hydrogens is 364 g/mol. The summed E-state index contributed by atoms with van der Waals surface area (Å²) in [5, 5.41) is 2.97. The highest BCUT2D eigenvalue weighted by Crippen LogP contribution is 2.55. The Morgan fingerprint density at radius 3 is 2.78 bits per heavy atom. The van der Waals surface area contributed by atoms with Crippen molar-refractivity contribution in [1.82, 2.24) is 13.9 Å². The van der Waals surface area contributed by atoms with Gasteiger partial charge < -0.3 is 9.88 Å². The van der Waals surface area contributed by atoms with Crippen LogP contribution in [0.2, 0.25) is 0 Å². The van der Waals surface area contributed by atoms with Crippen molar-refractivity contribution in [2.45, 2.75) is 30.7 Å². The lowest BCUT2D eigenvalue weighted by atomic mass is 9.75. The molecule has 5 rings (SSSR count). The Hall–Kier alpha value is -2.19. The molecule has 7 nitrogen and oxygen atoms in total. The molecule has 1 spiro atoms. The van der Waals surface area contributed by atoms with Crippen molar-refractivity contribution in [2.24, 2.45) is 13.0 Å². The Kier molecular flexibility index (Phi) is 3.55. The highest BCUT2D eigenvalue weighted by atomic mass is 32.2. The first-order valence-electron chi connectivity index (χ1n) is 9.31. The maximum Gasteiger partial charge on any atom is 0.237 e. The minimum Gasteiger partial charge on any atom is -0.337 e. The van der Waals surface area contributed by atoms with Crippen molar-refractivity contribution < 1.29 is 13.2 Å². The number of aryl methyl sites for hydroxylation is 1. The van der Waals surface area contributed by atoms with E-state index in [4.69, 9.17) is 0 Å². The maximum atomic E-state index is 13.2. The van der Waals surface area contributed by atoms with E-state index >= 15 is 0 Å². The van der Waals surface area contributed by atoms with Crippen LogP contribution in [0.4, 0.5) is 5.69 Å². The molecule has 0 unspecified atom stereocenters. The number of imidazole rings is 1. The molecule has 1 aromatic carbocycles. The molecule has 3 aliphatic rings. The summed E-state index contributed by atoms with van der Waals surface area (Å²) in [5.74, 6) is 0.880. The zero-order valence-electron chi connectivity index (χ0n) is 15.1. The third-order valence-electron chi connectivity index (χ3n) is 6.15. The number of rotatable bonds is 4. The monoisotopic (exact) mass is 386 g/mol. The average molecular weight is 386 g/mol. The number of aromatic nitrogens is 2. The summed E-state index contributed by atoms with van der Waals surface area (Å²) in [6.45, 7) is 0.328. The zero-order chi connectivity index (χ0) is 18.8. The molecule has 2 atom stereocenters. The summed E-state index contributed by atoms with van der Waals surface area (Å²) in [4.78, 5) is 17.7. The van der Waals surface area contributed by atoms with Gasteiger partial charge in [-0.1, -0.05) is 18.2 Å². The van der Waals surface area contributed by atoms with Gasteiger partial charge in [-0.25, -0.2) is 13.4 Å². The van der Waals surface area contributed by atoms with Crippen LogP contribution < -0.4 is 5.32 Å². The SMILES string of the molecule is Cn1ccnc1[C@@H]1N(S(=O)(=O)CC2CC2)CC[C@]12C(=O)Nc1ccccc12. The van der Waals surface area contributed by atoms with Gasteiger partial charge in [-0.15, -0.1) is 0 Å². The predicted octanol–water partition coefficient (Wildman–Crippen LogP) is 1.80. The lowest BCUT2D eigenvalue weighted by molar-refractivity contribution is -0.121. The molecule has 8 heteroatoms. The summed E-state index contributed by atoms with van der Waals surface area (Å²) in [5.41, 5.74) is 0.696. The summed E-state index contributed by atoms with van der Waals surface area (Å²) in [7, 11) is -1.63. The number of fused-ring (bicyclic) bond motifs is 2. The van der Waals surface area contributed by atoms with Gasteiger partial charge in [-0.2, -0.15) is 4.31 Å². The van der Waals surface area contributed by atoms with Crippen LogP contribution in [0.25, 0.3) is 0 Å². The van der Waals surface area contributed by atoms with E-state index in [-0.39, 0.29) is 17.6 Å². The van der Waals surface area contributed by atoms with Crippen LogP contribution in [0.5, 0.6) is 0 Å². The number of benzene rings is 1. The van der Waals surface area contributed by atoms with E-state index in [1.165, 1.54) is 4.31 Å². The first-order chi connectivity index (χ1) is 12.9. The van der Waals surface area contributed by atoms with E-state index in [1.54, 1.807) is 12.4 Å². The molecule has 1 aliphatic carbocycles. The quantitative estimate of drug-likeness (QED) is 0.868. The van der Waals surface area contributed by atoms with E-state index < -0.39 is 21.5 Å². The summed E-state index contributed by atoms with van der Waals surface area (Å²) < 4.78 is 29.8. The number of para-hydroxylation sites is 1. The van der Waals surface area contributed by atoms with Crippen molar-refractivity contribution in [3.05, 3.63) is 48.0 Å². The fourth-order valence-corrected chi connectivity index (χ4v) is 6.71. The lowest BCUT2D eigenvalue weighted by Gasteiger charge is -2.33. The summed E-state index contributed by atoms with van der Waals surface area (Å²) >= 11 is 0. The normalized spacial score (nSPS) is 27.9. The molecule has 2 fully saturated rings. The molecule has 1 N–H and O–H groups in total. The van der Waals surface area contributed by atoms with Crippen molar-refractivity contribution in [3.8, 4) is 0 Å². The summed E-state index contributed by atoms with van der Waals surface area (Å²) in [6, 6.07) is 6.95. The van der Waals surface area contributed by atoms with E-state index in [0.29, 0.717) is 18.8 Å². The smallest absolute Gasteiger partial charge is 0.237 e. The number of nitrogens with zero attached hydrogens (tertiary/aromatic N) is 3. The van der Waals surface area contributed by atoms with Gasteiger partial charge in [0.05, 0.1) is 5.75 Å². The largest absolute Gasteiger partial charge is 0.337 e. The fourth-order valence-electron chi connectivity index (χ4n) is 4.62. The Labute approximate surface area is 158 Å². The second-order valence-corrected chi connectivity index (χ2v) is 9.82. The third-order valence-corrected chi connectivity index (χ3v) is 8.15. The molecule has 27 heavy (non-hydrogen) atoms. The molecule has 0 bridgehead atoms. The van der Waals surface area contributed by atoms with Crippen molar-refractivity contribution in [1.29, 1.82) is 0 Å². The van der Waals surface area contributed by atoms with Gasteiger partial charge in [-0.05, 0) is 36.8 Å². The second-order valence-electron chi connectivity index (χ2n) is 7.85. The highest BCUT2D eigenvalue weighted by molar-refractivity contribution is 7.89. The van der Waals surface area contributed by atoms with Gasteiger partial charge in [0.25, 0.3) is 0 Å². The van der Waals surface area contributed by atoms with Crippen LogP contribution in [0.3, 0.4) is 0 Å². The first kappa shape index (κ1) is 16.9. The highest BCUT2D eigenvalue weighted by Gasteiger charge is 2.62. The van der Waals surface area contributed by atoms with Crippen LogP contribution in [-0.4, -0.2) is 40.5 Å². The number of carbonyl (C=O) groups excluding carboxylic acids is 1. The Bertz CT molecular complexity index is 1030. The van der Waals surface area contributed by atoms with Gasteiger partial charge in [0.2, 0.25) is 15.9 Å². The molecule has 1 amide bonds. The second kappa shape index (κ2) is 5.65. The minimum absolute atomic E-state index is 0.138. The number of nitrogens with one attached hydrogen (secondary N) is 1. The first-order valence-corrected chi connectivity index (χ1v) is 10.9. The van der Waals surface area contributed by atoms with Crippen molar-refractivity contribution >= 4 is 21.6 Å². The number of hydrogen-bond acceptors (Lipinski definition) is 4. The number of amides is 1. The fraction of sp³-hybridized carbons (Fsp3) is 0.474. The maximum absolute atomic E-state index is 13.2. The van der Waals surface area contributed by atoms with Gasteiger partial charge in [-0.3, -0.25) is 4.79 Å². The summed E-state index contributed by atoms with van der Waals surface area (Å²) in [6.07, 6.45) is 5.85. The number of carbonyl (C=O) groups is 1. The topological polar surface area (TPSA) is 84.3 Å². The Morgan fingerprint density at radius 1 is 1.30 bits per heavy atom. The van der Waals surface area contributed by atoms with Gasteiger partial charge in [0, 0.05) is 31.7 Å². The van der Waals surface area contributed by atoms with Crippen LogP contribution in [0.1, 0.15) is 36.7 Å². The molecule has 2 aromatic rings. The van der Waals surface area contributed by atoms with E-state index in [9.17, 15) is 13.2 Å². The Morgan fingerprint density at radius 2 is 2.07 bits per heavy atom. The molecule has 142 valence electrons. The Balaban J connectivity index is 1.69. The predicted molar refractivity (Wildman–Crippen MR) is 101 cm³/mol. The van der Waals surface area contributed by atoms with Crippen LogP contribution in [0.15, 0.2) is 36.7 Å². The van der Waals surface area contributed by atoms with E-state index in [0.717, 1.165) is 24.1 Å². The van der Waals surface area contributed by atoms with Crippen LogP contribution >= 0.6 is 0 Å². The minimum atomic E-state index is -3.48. The molecule has 3 heterocycles. The zero-order valence-corrected chi connectivity index (χ0v) is 15.9. The molecular formula is C19H22N4O3S.